The summed E-state index contributed by atoms with van der Waals surface area (Å²) in [5, 5.41) is 0. The molecule has 1 amide bonds. The number of anilines is 1. The molecule has 0 saturated carbocycles. The van der Waals surface area contributed by atoms with Gasteiger partial charge in [0.15, 0.2) is 0 Å². The first-order chi connectivity index (χ1) is 11.7. The topological polar surface area (TPSA) is 23.6 Å². The predicted molar refractivity (Wildman–Crippen MR) is 100 cm³/mol. The smallest absolute Gasteiger partial charge is 0.258 e. The minimum atomic E-state index is 0.101. The molecule has 3 nitrogen and oxygen atoms in total. The van der Waals surface area contributed by atoms with Crippen molar-refractivity contribution in [2.45, 2.75) is 25.8 Å². The zero-order valence-corrected chi connectivity index (χ0v) is 15.3. The van der Waals surface area contributed by atoms with Crippen LogP contribution in [0.25, 0.3) is 0 Å². The van der Waals surface area contributed by atoms with E-state index in [4.69, 9.17) is 0 Å². The fraction of sp³-hybridized carbons (Fsp3) is 0.350. The summed E-state index contributed by atoms with van der Waals surface area (Å²) in [7, 11) is 0. The lowest BCUT2D eigenvalue weighted by Crippen LogP contribution is -2.28. The third-order valence-electron chi connectivity index (χ3n) is 4.99. The van der Waals surface area contributed by atoms with E-state index in [1.165, 1.54) is 37.1 Å². The molecule has 0 aromatic heterocycles. The molecule has 1 saturated heterocycles. The number of likely N-dealkylation sites (tertiary alicyclic amines) is 1. The number of rotatable bonds is 3. The van der Waals surface area contributed by atoms with Gasteiger partial charge in [0, 0.05) is 28.8 Å². The van der Waals surface area contributed by atoms with Crippen LogP contribution in [-0.4, -0.2) is 30.4 Å². The van der Waals surface area contributed by atoms with Crippen LogP contribution >= 0.6 is 15.9 Å². The van der Waals surface area contributed by atoms with E-state index in [-0.39, 0.29) is 5.91 Å². The van der Waals surface area contributed by atoms with E-state index in [1.807, 2.05) is 29.2 Å². The molecule has 1 fully saturated rings. The average molecular weight is 385 g/mol. The monoisotopic (exact) mass is 384 g/mol. The normalized spacial score (nSPS) is 17.3. The van der Waals surface area contributed by atoms with Crippen LogP contribution in [0.15, 0.2) is 46.9 Å². The van der Waals surface area contributed by atoms with Crippen molar-refractivity contribution in [3.63, 3.8) is 0 Å². The molecule has 0 aliphatic carbocycles. The molecule has 2 aliphatic heterocycles. The molecular weight excluding hydrogens is 364 g/mol. The van der Waals surface area contributed by atoms with Gasteiger partial charge in [-0.3, -0.25) is 9.69 Å². The fourth-order valence-electron chi connectivity index (χ4n) is 3.69. The van der Waals surface area contributed by atoms with Gasteiger partial charge in [-0.1, -0.05) is 28.1 Å². The highest BCUT2D eigenvalue weighted by Crippen LogP contribution is 2.31. The molecule has 2 aliphatic rings. The summed E-state index contributed by atoms with van der Waals surface area (Å²) in [5.74, 6) is 0.101. The van der Waals surface area contributed by atoms with Crippen molar-refractivity contribution in [2.75, 3.05) is 24.5 Å². The minimum absolute atomic E-state index is 0.101. The maximum Gasteiger partial charge on any atom is 0.258 e. The summed E-state index contributed by atoms with van der Waals surface area (Å²) in [4.78, 5) is 17.2. The number of amides is 1. The van der Waals surface area contributed by atoms with Crippen LogP contribution in [0, 0.1) is 0 Å². The van der Waals surface area contributed by atoms with E-state index >= 15 is 0 Å². The molecule has 2 aromatic carbocycles. The van der Waals surface area contributed by atoms with Crippen LogP contribution in [0.1, 0.15) is 34.3 Å². The van der Waals surface area contributed by atoms with Gasteiger partial charge in [-0.2, -0.15) is 0 Å². The zero-order chi connectivity index (χ0) is 16.5. The van der Waals surface area contributed by atoms with E-state index < -0.39 is 0 Å². The van der Waals surface area contributed by atoms with Crippen LogP contribution in [-0.2, 0) is 13.0 Å². The third kappa shape index (κ3) is 3.13. The summed E-state index contributed by atoms with van der Waals surface area (Å²) in [6.07, 6.45) is 3.54. The first-order valence-electron chi connectivity index (χ1n) is 8.62. The second-order valence-electron chi connectivity index (χ2n) is 6.66. The molecule has 4 heteroatoms. The average Bonchev–Trinajstić information content (AvgIpc) is 3.24. The van der Waals surface area contributed by atoms with Gasteiger partial charge in [0.25, 0.3) is 5.91 Å². The van der Waals surface area contributed by atoms with Gasteiger partial charge in [0.1, 0.15) is 0 Å². The van der Waals surface area contributed by atoms with Crippen molar-refractivity contribution in [3.8, 4) is 0 Å². The van der Waals surface area contributed by atoms with E-state index in [1.54, 1.807) is 0 Å². The first-order valence-corrected chi connectivity index (χ1v) is 9.41. The molecule has 0 spiro atoms. The molecule has 0 N–H and O–H groups in total. The van der Waals surface area contributed by atoms with Crippen molar-refractivity contribution < 1.29 is 4.79 Å². The zero-order valence-electron chi connectivity index (χ0n) is 13.7. The van der Waals surface area contributed by atoms with Crippen molar-refractivity contribution >= 4 is 27.5 Å². The quantitative estimate of drug-likeness (QED) is 0.789. The third-order valence-corrected chi connectivity index (χ3v) is 5.48. The van der Waals surface area contributed by atoms with Crippen molar-refractivity contribution in [1.29, 1.82) is 0 Å². The molecule has 24 heavy (non-hydrogen) atoms. The van der Waals surface area contributed by atoms with Gasteiger partial charge in [-0.05, 0) is 73.8 Å². The summed E-state index contributed by atoms with van der Waals surface area (Å²) >= 11 is 3.50. The maximum atomic E-state index is 12.9. The van der Waals surface area contributed by atoms with Gasteiger partial charge < -0.3 is 4.90 Å². The lowest BCUT2D eigenvalue weighted by molar-refractivity contribution is 0.0989. The first kappa shape index (κ1) is 15.9. The number of carbonyl (C=O) groups is 1. The Kier molecular flexibility index (Phi) is 4.42. The van der Waals surface area contributed by atoms with Gasteiger partial charge in [-0.25, -0.2) is 0 Å². The Morgan fingerprint density at radius 2 is 1.75 bits per heavy atom. The minimum Gasteiger partial charge on any atom is -0.308 e. The number of hydrogen-bond acceptors (Lipinski definition) is 2. The largest absolute Gasteiger partial charge is 0.308 e. The summed E-state index contributed by atoms with van der Waals surface area (Å²) in [6.45, 7) is 4.15. The summed E-state index contributed by atoms with van der Waals surface area (Å²) in [5.41, 5.74) is 4.35. The van der Waals surface area contributed by atoms with Crippen LogP contribution in [0.2, 0.25) is 0 Å². The molecule has 2 heterocycles. The molecule has 124 valence electrons. The number of carbonyl (C=O) groups excluding carboxylic acids is 1. The molecule has 0 unspecified atom stereocenters. The Hall–Kier alpha value is -1.65. The molecule has 2 aromatic rings. The van der Waals surface area contributed by atoms with Crippen LogP contribution in [0.3, 0.4) is 0 Å². The predicted octanol–water partition coefficient (Wildman–Crippen LogP) is 4.25. The van der Waals surface area contributed by atoms with E-state index in [0.717, 1.165) is 35.2 Å². The van der Waals surface area contributed by atoms with Crippen molar-refractivity contribution in [2.24, 2.45) is 0 Å². The highest BCUT2D eigenvalue weighted by atomic mass is 79.9. The van der Waals surface area contributed by atoms with Gasteiger partial charge in [-0.15, -0.1) is 0 Å². The van der Waals surface area contributed by atoms with Gasteiger partial charge >= 0.3 is 0 Å². The number of halogens is 1. The van der Waals surface area contributed by atoms with Crippen molar-refractivity contribution in [3.05, 3.63) is 63.6 Å². The van der Waals surface area contributed by atoms with Crippen molar-refractivity contribution in [1.82, 2.24) is 4.90 Å². The second kappa shape index (κ2) is 6.69. The number of fused-ring (bicyclic) bond motifs is 1. The SMILES string of the molecule is O=C(c1ccc(CN2CCCC2)cc1)N1CCc2cc(Br)ccc21. The van der Waals surface area contributed by atoms with Crippen LogP contribution in [0.4, 0.5) is 5.69 Å². The maximum absolute atomic E-state index is 12.9. The highest BCUT2D eigenvalue weighted by molar-refractivity contribution is 9.10. The lowest BCUT2D eigenvalue weighted by atomic mass is 10.1. The molecule has 0 bridgehead atoms. The van der Waals surface area contributed by atoms with Gasteiger partial charge in [0.05, 0.1) is 0 Å². The highest BCUT2D eigenvalue weighted by Gasteiger charge is 2.25. The Morgan fingerprint density at radius 1 is 1.00 bits per heavy atom. The number of nitrogens with zero attached hydrogens (tertiary/aromatic N) is 2. The summed E-state index contributed by atoms with van der Waals surface area (Å²) < 4.78 is 1.07. The fourth-order valence-corrected chi connectivity index (χ4v) is 4.10. The molecule has 0 atom stereocenters. The standard InChI is InChI=1S/C20H21BrN2O/c21-18-7-8-19-17(13-18)9-12-23(19)20(24)16-5-3-15(4-6-16)14-22-10-1-2-11-22/h3-8,13H,1-2,9-12,14H2. The number of hydrogen-bond donors (Lipinski definition) is 0. The summed E-state index contributed by atoms with van der Waals surface area (Å²) in [6, 6.07) is 14.3. The Bertz CT molecular complexity index is 751. The van der Waals surface area contributed by atoms with Crippen LogP contribution < -0.4 is 4.90 Å². The molecular formula is C20H21BrN2O. The van der Waals surface area contributed by atoms with Gasteiger partial charge in [0.2, 0.25) is 0 Å². The van der Waals surface area contributed by atoms with E-state index in [9.17, 15) is 4.79 Å². The molecule has 4 rings (SSSR count). The Labute approximate surface area is 151 Å². The Balaban J connectivity index is 1.49. The lowest BCUT2D eigenvalue weighted by Gasteiger charge is -2.18. The van der Waals surface area contributed by atoms with E-state index in [0.29, 0.717) is 0 Å². The van der Waals surface area contributed by atoms with E-state index in [2.05, 4.69) is 39.0 Å². The Morgan fingerprint density at radius 3 is 2.50 bits per heavy atom. The number of benzene rings is 2. The van der Waals surface area contributed by atoms with Crippen LogP contribution in [0.5, 0.6) is 0 Å². The second-order valence-corrected chi connectivity index (χ2v) is 7.58. The molecule has 0 radical (unpaired) electrons.